The lowest BCUT2D eigenvalue weighted by atomic mass is 10.0. The number of aromatic nitrogens is 2. The number of fused-ring (bicyclic) bond motifs is 3. The van der Waals surface area contributed by atoms with Crippen molar-refractivity contribution in [1.29, 1.82) is 0 Å². The third-order valence-electron chi connectivity index (χ3n) is 4.55. The zero-order valence-electron chi connectivity index (χ0n) is 12.7. The van der Waals surface area contributed by atoms with Crippen molar-refractivity contribution in [1.82, 2.24) is 4.57 Å². The molecule has 4 heteroatoms. The minimum absolute atomic E-state index is 0.862. The van der Waals surface area contributed by atoms with Gasteiger partial charge >= 0.3 is 0 Å². The van der Waals surface area contributed by atoms with Gasteiger partial charge in [-0.25, -0.2) is 0 Å². The van der Waals surface area contributed by atoms with Crippen LogP contribution in [0.1, 0.15) is 5.76 Å². The van der Waals surface area contributed by atoms with Crippen LogP contribution >= 0.6 is 0 Å². The van der Waals surface area contributed by atoms with E-state index >= 15 is 0 Å². The third kappa shape index (κ3) is 1.25. The molecule has 22 heavy (non-hydrogen) atoms. The van der Waals surface area contributed by atoms with Gasteiger partial charge in [-0.2, -0.15) is 4.57 Å². The molecule has 108 valence electrons. The monoisotopic (exact) mass is 291 g/mol. The maximum atomic E-state index is 6.17. The molecule has 0 unspecified atom stereocenters. The lowest BCUT2D eigenvalue weighted by molar-refractivity contribution is -0.633. The molecule has 1 aliphatic rings. The van der Waals surface area contributed by atoms with Gasteiger partial charge in [0.05, 0.1) is 17.0 Å². The largest absolute Gasteiger partial charge is 0.448 e. The molecule has 0 atom stereocenters. The zero-order valence-corrected chi connectivity index (χ0v) is 12.7. The lowest BCUT2D eigenvalue weighted by Gasteiger charge is -2.14. The van der Waals surface area contributed by atoms with Gasteiger partial charge in [0.15, 0.2) is 11.5 Å². The van der Waals surface area contributed by atoms with Gasteiger partial charge in [0.25, 0.3) is 5.69 Å². The fourth-order valence-electron chi connectivity index (χ4n) is 3.57. The molecule has 4 heterocycles. The molecule has 0 fully saturated rings. The number of hydrogen-bond donors (Lipinski definition) is 0. The number of pyridine rings is 1. The van der Waals surface area contributed by atoms with Gasteiger partial charge in [0, 0.05) is 19.2 Å². The second-order valence-corrected chi connectivity index (χ2v) is 5.89. The molecule has 1 aromatic carbocycles. The normalized spacial score (nSPS) is 12.7. The van der Waals surface area contributed by atoms with Crippen LogP contribution in [0.5, 0.6) is 11.5 Å². The van der Waals surface area contributed by atoms with Crippen LogP contribution in [-0.4, -0.2) is 4.57 Å². The fraction of sp³-hybridized carbons (Fsp3) is 0.167. The Morgan fingerprint density at radius 1 is 1.14 bits per heavy atom. The summed E-state index contributed by atoms with van der Waals surface area (Å²) in [6.45, 7) is 2.02. The van der Waals surface area contributed by atoms with Crippen LogP contribution < -0.4 is 9.30 Å². The van der Waals surface area contributed by atoms with E-state index in [4.69, 9.17) is 9.15 Å². The van der Waals surface area contributed by atoms with Crippen LogP contribution in [-0.2, 0) is 14.1 Å². The smallest absolute Gasteiger partial charge is 0.260 e. The summed E-state index contributed by atoms with van der Waals surface area (Å²) in [7, 11) is 4.06. The molecule has 1 aliphatic heterocycles. The summed E-state index contributed by atoms with van der Waals surface area (Å²) in [4.78, 5) is 0. The highest BCUT2D eigenvalue weighted by molar-refractivity contribution is 6.02. The predicted octanol–water partition coefficient (Wildman–Crippen LogP) is 3.83. The molecule has 3 aromatic heterocycles. The Morgan fingerprint density at radius 3 is 2.82 bits per heavy atom. The quantitative estimate of drug-likeness (QED) is 0.406. The van der Waals surface area contributed by atoms with Crippen molar-refractivity contribution in [3.8, 4) is 22.8 Å². The number of furan rings is 1. The van der Waals surface area contributed by atoms with Crippen LogP contribution in [0.3, 0.4) is 0 Å². The van der Waals surface area contributed by atoms with Crippen LogP contribution in [0.2, 0.25) is 0 Å². The minimum atomic E-state index is 0.862. The summed E-state index contributed by atoms with van der Waals surface area (Å²) in [5.74, 6) is 2.68. The molecule has 0 spiro atoms. The van der Waals surface area contributed by atoms with Crippen molar-refractivity contribution in [2.24, 2.45) is 14.1 Å². The second-order valence-electron chi connectivity index (χ2n) is 5.89. The highest BCUT2D eigenvalue weighted by atomic mass is 16.5. The van der Waals surface area contributed by atoms with E-state index in [2.05, 4.69) is 35.9 Å². The van der Waals surface area contributed by atoms with Crippen LogP contribution in [0, 0.1) is 6.92 Å². The topological polar surface area (TPSA) is 31.2 Å². The van der Waals surface area contributed by atoms with Crippen molar-refractivity contribution in [3.05, 3.63) is 42.3 Å². The summed E-state index contributed by atoms with van der Waals surface area (Å²) >= 11 is 0. The molecule has 4 nitrogen and oxygen atoms in total. The molecule has 0 saturated carbocycles. The van der Waals surface area contributed by atoms with Gasteiger partial charge in [-0.3, -0.25) is 0 Å². The number of ether oxygens (including phenoxy) is 1. The summed E-state index contributed by atoms with van der Waals surface area (Å²) in [5, 5.41) is 2.24. The van der Waals surface area contributed by atoms with Crippen LogP contribution in [0.15, 0.2) is 40.9 Å². The number of rotatable bonds is 0. The molecular weight excluding hydrogens is 276 g/mol. The van der Waals surface area contributed by atoms with Crippen molar-refractivity contribution in [3.63, 3.8) is 0 Å². The predicted molar refractivity (Wildman–Crippen MR) is 84.1 cm³/mol. The van der Waals surface area contributed by atoms with E-state index in [9.17, 15) is 0 Å². The van der Waals surface area contributed by atoms with Crippen molar-refractivity contribution < 1.29 is 13.7 Å². The summed E-state index contributed by atoms with van der Waals surface area (Å²) in [6.07, 6.45) is 1.98. The highest BCUT2D eigenvalue weighted by Crippen LogP contribution is 2.49. The molecule has 0 radical (unpaired) electrons. The minimum Gasteiger partial charge on any atom is -0.448 e. The Balaban J connectivity index is 2.00. The molecule has 0 amide bonds. The van der Waals surface area contributed by atoms with Gasteiger partial charge in [0.1, 0.15) is 18.4 Å². The average molecular weight is 291 g/mol. The number of hydrogen-bond acceptors (Lipinski definition) is 2. The first-order valence-electron chi connectivity index (χ1n) is 7.33. The van der Waals surface area contributed by atoms with E-state index in [1.165, 1.54) is 10.9 Å². The van der Waals surface area contributed by atoms with Crippen molar-refractivity contribution in [2.75, 3.05) is 0 Å². The maximum absolute atomic E-state index is 6.17. The van der Waals surface area contributed by atoms with Crippen LogP contribution in [0.25, 0.3) is 33.3 Å². The standard InChI is InChI=1S/C18H15N2O2/c1-10-15-16-14(9-19(2)18(16)21-10)22-13-8-11-6-4-5-7-12(11)20(3)17(13)15/h4-9H,1-3H3/q+1. The molecule has 0 aliphatic carbocycles. The van der Waals surface area contributed by atoms with E-state index in [1.807, 2.05) is 30.8 Å². The highest BCUT2D eigenvalue weighted by Gasteiger charge is 2.34. The number of nitrogens with zero attached hydrogens (tertiary/aromatic N) is 2. The number of aryl methyl sites for hydroxylation is 3. The second kappa shape index (κ2) is 3.71. The summed E-state index contributed by atoms with van der Waals surface area (Å²) in [6, 6.07) is 10.5. The van der Waals surface area contributed by atoms with Gasteiger partial charge < -0.3 is 13.7 Å². The first kappa shape index (κ1) is 11.9. The Morgan fingerprint density at radius 2 is 1.95 bits per heavy atom. The first-order chi connectivity index (χ1) is 10.6. The lowest BCUT2D eigenvalue weighted by Crippen LogP contribution is -2.33. The van der Waals surface area contributed by atoms with Gasteiger partial charge in [0.2, 0.25) is 11.2 Å². The SMILES string of the molecule is Cc1oc2c3c(cn2C)Oc2cc4ccccc4[n+](C)c2-c13. The summed E-state index contributed by atoms with van der Waals surface area (Å²) in [5.41, 5.74) is 4.26. The molecule has 5 rings (SSSR count). The van der Waals surface area contributed by atoms with E-state index in [0.29, 0.717) is 0 Å². The Kier molecular flexibility index (Phi) is 2.00. The van der Waals surface area contributed by atoms with Gasteiger partial charge in [-0.15, -0.1) is 0 Å². The van der Waals surface area contributed by atoms with Crippen molar-refractivity contribution >= 4 is 22.0 Å². The van der Waals surface area contributed by atoms with E-state index in [-0.39, 0.29) is 0 Å². The molecular formula is C18H15N2O2+. The average Bonchev–Trinajstić information content (AvgIpc) is 3.00. The van der Waals surface area contributed by atoms with E-state index in [1.54, 1.807) is 0 Å². The van der Waals surface area contributed by atoms with Gasteiger partial charge in [-0.1, -0.05) is 12.1 Å². The zero-order chi connectivity index (χ0) is 15.0. The van der Waals surface area contributed by atoms with Crippen molar-refractivity contribution in [2.45, 2.75) is 6.92 Å². The maximum Gasteiger partial charge on any atom is 0.260 e. The molecule has 4 aromatic rings. The molecule has 0 bridgehead atoms. The molecule has 0 N–H and O–H groups in total. The summed E-state index contributed by atoms with van der Waals surface area (Å²) < 4.78 is 16.3. The number of benzene rings is 1. The third-order valence-corrected chi connectivity index (χ3v) is 4.55. The Hall–Kier alpha value is -2.75. The van der Waals surface area contributed by atoms with E-state index < -0.39 is 0 Å². The number of para-hydroxylation sites is 1. The van der Waals surface area contributed by atoms with Crippen LogP contribution in [0.4, 0.5) is 0 Å². The molecule has 0 saturated heterocycles. The van der Waals surface area contributed by atoms with Gasteiger partial charge in [-0.05, 0) is 13.0 Å². The fourth-order valence-corrected chi connectivity index (χ4v) is 3.57. The Bertz CT molecular complexity index is 1090. The first-order valence-corrected chi connectivity index (χ1v) is 7.33. The Labute approximate surface area is 127 Å². The van der Waals surface area contributed by atoms with E-state index in [0.717, 1.165) is 39.6 Å².